The van der Waals surface area contributed by atoms with Crippen LogP contribution in [-0.4, -0.2) is 28.1 Å². The van der Waals surface area contributed by atoms with Crippen molar-refractivity contribution in [2.75, 3.05) is 0 Å². The van der Waals surface area contributed by atoms with Gasteiger partial charge in [0.1, 0.15) is 5.73 Å². The number of thiophene rings is 1. The minimum absolute atomic E-state index is 0.333. The van der Waals surface area contributed by atoms with Gasteiger partial charge in [-0.2, -0.15) is 16.4 Å². The fourth-order valence-electron chi connectivity index (χ4n) is 2.26. The average Bonchev–Trinajstić information content (AvgIpc) is 3.16. The topological polar surface area (TPSA) is 36.3 Å². The van der Waals surface area contributed by atoms with E-state index in [1.54, 1.807) is 16.0 Å². The molecular formula is C16H20BFN2O2S. The van der Waals surface area contributed by atoms with Gasteiger partial charge >= 0.3 is 7.12 Å². The van der Waals surface area contributed by atoms with Crippen LogP contribution in [0.1, 0.15) is 27.7 Å². The van der Waals surface area contributed by atoms with Crippen LogP contribution >= 0.6 is 11.3 Å². The molecule has 0 amide bonds. The summed E-state index contributed by atoms with van der Waals surface area (Å²) in [5.74, 6) is 0. The molecule has 23 heavy (non-hydrogen) atoms. The molecule has 0 aliphatic carbocycles. The molecule has 0 unspecified atom stereocenters. The fourth-order valence-corrected chi connectivity index (χ4v) is 2.91. The van der Waals surface area contributed by atoms with Crippen LogP contribution in [0.3, 0.4) is 0 Å². The summed E-state index contributed by atoms with van der Waals surface area (Å²) in [6, 6.07) is 3.93. The van der Waals surface area contributed by atoms with Gasteiger partial charge in [-0.3, -0.25) is 4.68 Å². The van der Waals surface area contributed by atoms with Crippen LogP contribution in [0.25, 0.3) is 11.3 Å². The molecule has 7 heteroatoms. The lowest BCUT2D eigenvalue weighted by atomic mass is 9.88. The van der Waals surface area contributed by atoms with Crippen LogP contribution in [0, 0.1) is 0 Å². The molecule has 3 heterocycles. The summed E-state index contributed by atoms with van der Waals surface area (Å²) in [7, 11) is -0.952. The highest BCUT2D eigenvalue weighted by Gasteiger charge is 2.52. The third-order valence-electron chi connectivity index (χ3n) is 4.41. The molecule has 122 valence electrons. The Hall–Kier alpha value is -1.44. The Morgan fingerprint density at radius 2 is 2.00 bits per heavy atom. The third-order valence-corrected chi connectivity index (χ3v) is 5.09. The molecule has 4 nitrogen and oxygen atoms in total. The second kappa shape index (κ2) is 5.89. The van der Waals surface area contributed by atoms with Crippen LogP contribution in [0.4, 0.5) is 4.39 Å². The first-order valence-electron chi connectivity index (χ1n) is 7.56. The number of hydrogen-bond donors (Lipinski definition) is 0. The van der Waals surface area contributed by atoms with E-state index in [4.69, 9.17) is 9.31 Å². The maximum atomic E-state index is 14.3. The number of allylic oxidation sites excluding steroid dienone is 1. The van der Waals surface area contributed by atoms with Crippen LogP contribution in [-0.2, 0) is 15.9 Å². The third kappa shape index (κ3) is 3.27. The van der Waals surface area contributed by atoms with E-state index < -0.39 is 24.0 Å². The normalized spacial score (nSPS) is 20.2. The van der Waals surface area contributed by atoms with Gasteiger partial charge in [0.15, 0.2) is 0 Å². The van der Waals surface area contributed by atoms with E-state index in [2.05, 4.69) is 5.10 Å². The summed E-state index contributed by atoms with van der Waals surface area (Å²) in [6.45, 7) is 7.95. The SMILES string of the molecule is CC1(C)OB(C(F)=CCn2ccc(-c3ccsc3)n2)OC1(C)C. The van der Waals surface area contributed by atoms with Gasteiger partial charge in [-0.05, 0) is 51.3 Å². The van der Waals surface area contributed by atoms with Crippen LogP contribution in [0.15, 0.2) is 40.9 Å². The fraction of sp³-hybridized carbons (Fsp3) is 0.438. The monoisotopic (exact) mass is 334 g/mol. The predicted molar refractivity (Wildman–Crippen MR) is 90.8 cm³/mol. The Morgan fingerprint density at radius 1 is 1.30 bits per heavy atom. The van der Waals surface area contributed by atoms with Gasteiger partial charge in [0, 0.05) is 17.1 Å². The van der Waals surface area contributed by atoms with E-state index in [0.29, 0.717) is 6.54 Å². The smallest absolute Gasteiger partial charge is 0.398 e. The van der Waals surface area contributed by atoms with E-state index in [0.717, 1.165) is 11.3 Å². The Bertz CT molecular complexity index is 693. The highest BCUT2D eigenvalue weighted by molar-refractivity contribution is 7.08. The van der Waals surface area contributed by atoms with Crippen molar-refractivity contribution < 1.29 is 13.7 Å². The molecule has 3 rings (SSSR count). The zero-order valence-corrected chi connectivity index (χ0v) is 14.6. The van der Waals surface area contributed by atoms with Gasteiger partial charge in [-0.25, -0.2) is 4.39 Å². The van der Waals surface area contributed by atoms with Crippen molar-refractivity contribution in [2.24, 2.45) is 0 Å². The van der Waals surface area contributed by atoms with Gasteiger partial charge in [-0.1, -0.05) is 0 Å². The van der Waals surface area contributed by atoms with Crippen LogP contribution < -0.4 is 0 Å². The lowest BCUT2D eigenvalue weighted by molar-refractivity contribution is 0.00578. The molecule has 0 saturated carbocycles. The standard InChI is InChI=1S/C16H20BFN2O2S/c1-15(2)16(3,4)22-17(21-15)14(18)6-9-20-8-5-13(19-20)12-7-10-23-11-12/h5-8,10-11H,9H2,1-4H3. The molecule has 1 aliphatic heterocycles. The molecule has 1 fully saturated rings. The molecule has 0 spiro atoms. The van der Waals surface area contributed by atoms with Crippen molar-refractivity contribution in [1.29, 1.82) is 0 Å². The average molecular weight is 334 g/mol. The second-order valence-electron chi connectivity index (χ2n) is 6.61. The van der Waals surface area contributed by atoms with Gasteiger partial charge < -0.3 is 9.31 Å². The van der Waals surface area contributed by atoms with Gasteiger partial charge in [0.25, 0.3) is 0 Å². The minimum Gasteiger partial charge on any atom is -0.398 e. The number of aromatic nitrogens is 2. The van der Waals surface area contributed by atoms with Gasteiger partial charge in [-0.15, -0.1) is 0 Å². The van der Waals surface area contributed by atoms with Crippen molar-refractivity contribution in [3.05, 3.63) is 40.9 Å². The molecule has 0 aromatic carbocycles. The maximum Gasteiger partial charge on any atom is 0.524 e. The molecule has 1 saturated heterocycles. The Balaban J connectivity index is 1.67. The molecule has 0 radical (unpaired) electrons. The van der Waals surface area contributed by atoms with Crippen molar-refractivity contribution >= 4 is 18.5 Å². The first-order valence-corrected chi connectivity index (χ1v) is 8.50. The zero-order chi connectivity index (χ0) is 16.7. The Kier molecular flexibility index (Phi) is 4.20. The summed E-state index contributed by atoms with van der Waals surface area (Å²) in [5.41, 5.74) is 0.456. The highest BCUT2D eigenvalue weighted by atomic mass is 32.1. The quantitative estimate of drug-likeness (QED) is 0.790. The van der Waals surface area contributed by atoms with Crippen LogP contribution in [0.2, 0.25) is 0 Å². The lowest BCUT2D eigenvalue weighted by Crippen LogP contribution is -2.41. The summed E-state index contributed by atoms with van der Waals surface area (Å²) in [6.07, 6.45) is 3.29. The zero-order valence-electron chi connectivity index (χ0n) is 13.7. The molecule has 2 aromatic heterocycles. The van der Waals surface area contributed by atoms with Crippen molar-refractivity contribution in [1.82, 2.24) is 9.78 Å². The van der Waals surface area contributed by atoms with E-state index in [-0.39, 0.29) is 0 Å². The molecule has 0 N–H and O–H groups in total. The second-order valence-corrected chi connectivity index (χ2v) is 7.39. The number of rotatable bonds is 4. The lowest BCUT2D eigenvalue weighted by Gasteiger charge is -2.32. The largest absolute Gasteiger partial charge is 0.524 e. The Labute approximate surface area is 140 Å². The number of nitrogens with zero attached hydrogens (tertiary/aromatic N) is 2. The number of halogens is 1. The summed E-state index contributed by atoms with van der Waals surface area (Å²) < 4.78 is 27.4. The first-order chi connectivity index (χ1) is 10.8. The van der Waals surface area contributed by atoms with Crippen LogP contribution in [0.5, 0.6) is 0 Å². The Morgan fingerprint density at radius 3 is 2.61 bits per heavy atom. The predicted octanol–water partition coefficient (Wildman–Crippen LogP) is 4.10. The van der Waals surface area contributed by atoms with Crippen molar-refractivity contribution in [3.63, 3.8) is 0 Å². The summed E-state index contributed by atoms with van der Waals surface area (Å²) in [4.78, 5) is 0. The summed E-state index contributed by atoms with van der Waals surface area (Å²) in [5, 5.41) is 8.48. The van der Waals surface area contributed by atoms with E-state index in [9.17, 15) is 4.39 Å². The van der Waals surface area contributed by atoms with Gasteiger partial charge in [0.2, 0.25) is 0 Å². The molecule has 0 atom stereocenters. The molecule has 1 aliphatic rings. The first kappa shape index (κ1) is 16.4. The van der Waals surface area contributed by atoms with Crippen molar-refractivity contribution in [3.8, 4) is 11.3 Å². The van der Waals surface area contributed by atoms with Crippen molar-refractivity contribution in [2.45, 2.75) is 45.4 Å². The maximum absolute atomic E-state index is 14.3. The van der Waals surface area contributed by atoms with E-state index in [1.165, 1.54) is 6.08 Å². The summed E-state index contributed by atoms with van der Waals surface area (Å²) >= 11 is 1.62. The highest BCUT2D eigenvalue weighted by Crippen LogP contribution is 2.38. The van der Waals surface area contributed by atoms with E-state index >= 15 is 0 Å². The molecule has 2 aromatic rings. The van der Waals surface area contributed by atoms with Gasteiger partial charge in [0.05, 0.1) is 23.4 Å². The molecular weight excluding hydrogens is 314 g/mol. The minimum atomic E-state index is -0.952. The molecule has 0 bridgehead atoms. The van der Waals surface area contributed by atoms with E-state index in [1.807, 2.05) is 56.8 Å². The number of hydrogen-bond acceptors (Lipinski definition) is 4.